The van der Waals surface area contributed by atoms with Crippen LogP contribution in [0.2, 0.25) is 0 Å². The Kier molecular flexibility index (Phi) is 6.09. The molecule has 7 heteroatoms. The maximum Gasteiger partial charge on any atom is 0.272 e. The Morgan fingerprint density at radius 1 is 1.24 bits per heavy atom. The van der Waals surface area contributed by atoms with E-state index in [0.29, 0.717) is 11.6 Å². The largest absolute Gasteiger partial charge is 0.343 e. The number of likely N-dealkylation sites (tertiary alicyclic amines) is 1. The van der Waals surface area contributed by atoms with E-state index in [-0.39, 0.29) is 5.91 Å². The first-order chi connectivity index (χ1) is 12.1. The van der Waals surface area contributed by atoms with E-state index in [1.54, 1.807) is 30.3 Å². The van der Waals surface area contributed by atoms with Crippen molar-refractivity contribution in [2.75, 3.05) is 27.2 Å². The second-order valence-electron chi connectivity index (χ2n) is 6.85. The van der Waals surface area contributed by atoms with Crippen molar-refractivity contribution in [3.8, 4) is 0 Å². The highest BCUT2D eigenvalue weighted by Gasteiger charge is 2.19. The van der Waals surface area contributed by atoms with Crippen LogP contribution in [0.25, 0.3) is 0 Å². The predicted octanol–water partition coefficient (Wildman–Crippen LogP) is 2.48. The van der Waals surface area contributed by atoms with Crippen LogP contribution in [0.5, 0.6) is 0 Å². The number of hydrogen-bond acceptors (Lipinski definition) is 6. The van der Waals surface area contributed by atoms with Gasteiger partial charge in [0.15, 0.2) is 0 Å². The first kappa shape index (κ1) is 17.9. The van der Waals surface area contributed by atoms with Gasteiger partial charge in [0.25, 0.3) is 5.91 Å². The van der Waals surface area contributed by atoms with Gasteiger partial charge in [0.1, 0.15) is 12.0 Å². The normalized spacial score (nSPS) is 18.7. The van der Waals surface area contributed by atoms with Crippen LogP contribution in [0.3, 0.4) is 0 Å². The quantitative estimate of drug-likeness (QED) is 0.821. The molecule has 0 N–H and O–H groups in total. The van der Waals surface area contributed by atoms with Gasteiger partial charge in [-0.15, -0.1) is 11.3 Å². The number of carbonyl (C=O) groups is 1. The molecule has 1 fully saturated rings. The summed E-state index contributed by atoms with van der Waals surface area (Å²) in [5, 5.41) is 2.13. The number of hydrogen-bond donors (Lipinski definition) is 0. The summed E-state index contributed by atoms with van der Waals surface area (Å²) in [5.74, 6) is 0.539. The molecule has 1 unspecified atom stereocenters. The van der Waals surface area contributed by atoms with Gasteiger partial charge in [0, 0.05) is 31.7 Å². The Morgan fingerprint density at radius 2 is 2.12 bits per heavy atom. The summed E-state index contributed by atoms with van der Waals surface area (Å²) < 4.78 is 0. The smallest absolute Gasteiger partial charge is 0.272 e. The summed E-state index contributed by atoms with van der Waals surface area (Å²) in [7, 11) is 3.48. The Labute approximate surface area is 152 Å². The topological polar surface area (TPSA) is 62.2 Å². The third-order valence-corrected chi connectivity index (χ3v) is 5.29. The molecule has 1 saturated heterocycles. The van der Waals surface area contributed by atoms with Gasteiger partial charge in [0.2, 0.25) is 0 Å². The number of nitrogens with zero attached hydrogens (tertiary/aromatic N) is 5. The molecule has 0 saturated carbocycles. The van der Waals surface area contributed by atoms with Crippen molar-refractivity contribution < 1.29 is 4.79 Å². The highest BCUT2D eigenvalue weighted by Crippen LogP contribution is 2.22. The monoisotopic (exact) mass is 359 g/mol. The van der Waals surface area contributed by atoms with Crippen LogP contribution in [0.1, 0.15) is 41.1 Å². The second-order valence-corrected chi connectivity index (χ2v) is 7.57. The van der Waals surface area contributed by atoms with Crippen LogP contribution in [0, 0.1) is 5.92 Å². The minimum Gasteiger partial charge on any atom is -0.343 e. The van der Waals surface area contributed by atoms with Gasteiger partial charge in [-0.2, -0.15) is 0 Å². The van der Waals surface area contributed by atoms with Crippen LogP contribution < -0.4 is 0 Å². The van der Waals surface area contributed by atoms with Crippen LogP contribution in [0.15, 0.2) is 23.3 Å². The van der Waals surface area contributed by atoms with Crippen LogP contribution in [-0.4, -0.2) is 57.8 Å². The lowest BCUT2D eigenvalue weighted by Gasteiger charge is -2.19. The molecule has 0 aromatic carbocycles. The van der Waals surface area contributed by atoms with Gasteiger partial charge in [0.05, 0.1) is 11.2 Å². The maximum absolute atomic E-state index is 12.1. The number of carbonyl (C=O) groups excluding carboxylic acids is 1. The molecule has 25 heavy (non-hydrogen) atoms. The zero-order valence-corrected chi connectivity index (χ0v) is 15.7. The zero-order valence-electron chi connectivity index (χ0n) is 14.9. The molecule has 0 bridgehead atoms. The summed E-state index contributed by atoms with van der Waals surface area (Å²) in [6.07, 6.45) is 5.99. The molecular formula is C18H25N5OS. The molecule has 2 aromatic rings. The lowest BCUT2D eigenvalue weighted by Crippen LogP contribution is -2.24. The Bertz CT molecular complexity index is 689. The molecule has 2 aromatic heterocycles. The van der Waals surface area contributed by atoms with E-state index in [1.807, 2.05) is 11.6 Å². The molecule has 1 aliphatic rings. The van der Waals surface area contributed by atoms with Crippen LogP contribution in [-0.2, 0) is 13.0 Å². The van der Waals surface area contributed by atoms with E-state index in [1.165, 1.54) is 24.9 Å². The molecule has 3 rings (SSSR count). The van der Waals surface area contributed by atoms with Crippen molar-refractivity contribution in [3.05, 3.63) is 40.4 Å². The van der Waals surface area contributed by atoms with Gasteiger partial charge in [-0.05, 0) is 50.8 Å². The third-order valence-electron chi connectivity index (χ3n) is 4.66. The Hall–Kier alpha value is -1.86. The number of rotatable bonds is 5. The van der Waals surface area contributed by atoms with Gasteiger partial charge >= 0.3 is 0 Å². The van der Waals surface area contributed by atoms with E-state index < -0.39 is 0 Å². The molecule has 0 radical (unpaired) electrons. The lowest BCUT2D eigenvalue weighted by atomic mass is 9.95. The van der Waals surface area contributed by atoms with Crippen molar-refractivity contribution in [1.29, 1.82) is 0 Å². The summed E-state index contributed by atoms with van der Waals surface area (Å²) in [5.41, 5.74) is 4.52. The van der Waals surface area contributed by atoms with Gasteiger partial charge in [-0.25, -0.2) is 15.0 Å². The molecule has 6 nitrogen and oxygen atoms in total. The number of amides is 1. The Morgan fingerprint density at radius 3 is 2.88 bits per heavy atom. The fraction of sp³-hybridized carbons (Fsp3) is 0.556. The van der Waals surface area contributed by atoms with Gasteiger partial charge in [-0.1, -0.05) is 0 Å². The SMILES string of the molecule is CN(C)C(=O)c1cc(CC2CCCN(Cc3cscn3)CC2)ncn1. The van der Waals surface area contributed by atoms with E-state index >= 15 is 0 Å². The Balaban J connectivity index is 1.56. The summed E-state index contributed by atoms with van der Waals surface area (Å²) in [6, 6.07) is 1.85. The molecule has 134 valence electrons. The average Bonchev–Trinajstić information content (AvgIpc) is 3.02. The fourth-order valence-corrected chi connectivity index (χ4v) is 3.83. The molecular weight excluding hydrogens is 334 g/mol. The van der Waals surface area contributed by atoms with E-state index in [4.69, 9.17) is 0 Å². The number of aromatic nitrogens is 3. The molecule has 1 aliphatic heterocycles. The van der Waals surface area contributed by atoms with Gasteiger partial charge in [-0.3, -0.25) is 9.69 Å². The molecule has 1 amide bonds. The summed E-state index contributed by atoms with van der Waals surface area (Å²) in [4.78, 5) is 29.0. The highest BCUT2D eigenvalue weighted by molar-refractivity contribution is 7.07. The molecule has 3 heterocycles. The summed E-state index contributed by atoms with van der Waals surface area (Å²) >= 11 is 1.66. The maximum atomic E-state index is 12.1. The third kappa shape index (κ3) is 5.06. The number of thiazole rings is 1. The van der Waals surface area contributed by atoms with Gasteiger partial charge < -0.3 is 4.90 Å². The average molecular weight is 359 g/mol. The second kappa shape index (κ2) is 8.49. The first-order valence-corrected chi connectivity index (χ1v) is 9.68. The van der Waals surface area contributed by atoms with Crippen LogP contribution >= 0.6 is 11.3 Å². The van der Waals surface area contributed by atoms with E-state index in [0.717, 1.165) is 38.2 Å². The highest BCUT2D eigenvalue weighted by atomic mass is 32.1. The van der Waals surface area contributed by atoms with Crippen molar-refractivity contribution >= 4 is 17.2 Å². The van der Waals surface area contributed by atoms with E-state index in [2.05, 4.69) is 25.2 Å². The first-order valence-electron chi connectivity index (χ1n) is 8.74. The minimum atomic E-state index is -0.0704. The zero-order chi connectivity index (χ0) is 17.6. The predicted molar refractivity (Wildman–Crippen MR) is 98.5 cm³/mol. The standard InChI is InChI=1S/C18H25N5OS/c1-22(2)18(24)17-9-15(19-12-20-17)8-14-4-3-6-23(7-5-14)10-16-11-25-13-21-16/h9,11-14H,3-8,10H2,1-2H3. The lowest BCUT2D eigenvalue weighted by molar-refractivity contribution is 0.0821. The summed E-state index contributed by atoms with van der Waals surface area (Å²) in [6.45, 7) is 3.17. The van der Waals surface area contributed by atoms with Crippen LogP contribution in [0.4, 0.5) is 0 Å². The molecule has 1 atom stereocenters. The van der Waals surface area contributed by atoms with Crippen molar-refractivity contribution in [2.24, 2.45) is 5.92 Å². The molecule has 0 aliphatic carbocycles. The van der Waals surface area contributed by atoms with Crippen molar-refractivity contribution in [1.82, 2.24) is 24.8 Å². The van der Waals surface area contributed by atoms with Crippen molar-refractivity contribution in [3.63, 3.8) is 0 Å². The van der Waals surface area contributed by atoms with Crippen molar-refractivity contribution in [2.45, 2.75) is 32.2 Å². The molecule has 0 spiro atoms. The minimum absolute atomic E-state index is 0.0704. The fourth-order valence-electron chi connectivity index (χ4n) is 3.28. The van der Waals surface area contributed by atoms with E-state index in [9.17, 15) is 4.79 Å².